The van der Waals surface area contributed by atoms with Crippen molar-refractivity contribution in [3.05, 3.63) is 77.4 Å². The summed E-state index contributed by atoms with van der Waals surface area (Å²) in [5, 5.41) is 0. The number of halogens is 2. The Morgan fingerprint density at radius 1 is 0.765 bits per heavy atom. The first kappa shape index (κ1) is 11.5. The zero-order valence-electron chi connectivity index (χ0n) is 9.24. The molecule has 17 heavy (non-hydrogen) atoms. The van der Waals surface area contributed by atoms with E-state index in [4.69, 9.17) is 0 Å². The molecule has 0 aliphatic carbocycles. The lowest BCUT2D eigenvalue weighted by molar-refractivity contribution is 0.627. The normalized spacial score (nSPS) is 10.9. The van der Waals surface area contributed by atoms with Crippen LogP contribution in [-0.2, 0) is 6.42 Å². The van der Waals surface area contributed by atoms with Crippen LogP contribution in [0.1, 0.15) is 11.1 Å². The molecule has 0 bridgehead atoms. The molecule has 0 radical (unpaired) electrons. The summed E-state index contributed by atoms with van der Waals surface area (Å²) in [6.07, 6.45) is 4.63. The highest BCUT2D eigenvalue weighted by Gasteiger charge is 1.92. The molecule has 0 amide bonds. The van der Waals surface area contributed by atoms with Crippen LogP contribution >= 0.6 is 0 Å². The van der Waals surface area contributed by atoms with Crippen molar-refractivity contribution < 1.29 is 8.78 Å². The molecule has 0 aliphatic heterocycles. The van der Waals surface area contributed by atoms with Gasteiger partial charge in [0, 0.05) is 0 Å². The van der Waals surface area contributed by atoms with Crippen molar-refractivity contribution in [1.82, 2.24) is 0 Å². The highest BCUT2D eigenvalue weighted by molar-refractivity contribution is 5.49. The molecule has 0 spiro atoms. The summed E-state index contributed by atoms with van der Waals surface area (Å²) in [4.78, 5) is 0. The zero-order valence-corrected chi connectivity index (χ0v) is 9.24. The first-order valence-electron chi connectivity index (χ1n) is 5.40. The van der Waals surface area contributed by atoms with Gasteiger partial charge in [-0.25, -0.2) is 8.78 Å². The summed E-state index contributed by atoms with van der Waals surface area (Å²) in [7, 11) is 0. The van der Waals surface area contributed by atoms with Crippen molar-refractivity contribution >= 4 is 6.08 Å². The molecule has 2 aromatic rings. The fourth-order valence-corrected chi connectivity index (χ4v) is 1.53. The van der Waals surface area contributed by atoms with Gasteiger partial charge in [0.15, 0.2) is 0 Å². The number of benzene rings is 2. The molecule has 86 valence electrons. The lowest BCUT2D eigenvalue weighted by Crippen LogP contribution is -1.81. The summed E-state index contributed by atoms with van der Waals surface area (Å²) in [5.74, 6) is -0.461. The quantitative estimate of drug-likeness (QED) is 0.740. The Hall–Kier alpha value is -1.96. The summed E-state index contributed by atoms with van der Waals surface area (Å²) < 4.78 is 25.3. The molecule has 0 fully saturated rings. The lowest BCUT2D eigenvalue weighted by atomic mass is 10.1. The molecule has 2 aromatic carbocycles. The molecule has 2 heteroatoms. The van der Waals surface area contributed by atoms with Crippen LogP contribution < -0.4 is 0 Å². The van der Waals surface area contributed by atoms with Crippen LogP contribution in [0.2, 0.25) is 0 Å². The Balaban J connectivity index is 1.97. The number of hydrogen-bond acceptors (Lipinski definition) is 0. The van der Waals surface area contributed by atoms with E-state index < -0.39 is 0 Å². The predicted octanol–water partition coefficient (Wildman–Crippen LogP) is 4.22. The molecule has 0 nitrogen and oxygen atoms in total. The molecule has 0 aromatic heterocycles. The average molecular weight is 230 g/mol. The Kier molecular flexibility index (Phi) is 3.66. The molecule has 0 aliphatic rings. The van der Waals surface area contributed by atoms with E-state index in [0.717, 1.165) is 17.5 Å². The third-order valence-electron chi connectivity index (χ3n) is 2.45. The van der Waals surface area contributed by atoms with Crippen molar-refractivity contribution in [3.8, 4) is 0 Å². The largest absolute Gasteiger partial charge is 0.207 e. The zero-order chi connectivity index (χ0) is 12.1. The third kappa shape index (κ3) is 3.52. The minimum atomic E-state index is -0.235. The Labute approximate surface area is 99.2 Å². The van der Waals surface area contributed by atoms with Crippen LogP contribution in [0.25, 0.3) is 6.08 Å². The van der Waals surface area contributed by atoms with E-state index in [1.807, 2.05) is 12.2 Å². The molecule has 0 saturated heterocycles. The van der Waals surface area contributed by atoms with Gasteiger partial charge in [0.25, 0.3) is 0 Å². The van der Waals surface area contributed by atoms with Crippen LogP contribution in [0.4, 0.5) is 8.78 Å². The molecule has 0 N–H and O–H groups in total. The Morgan fingerprint density at radius 2 is 1.29 bits per heavy atom. The van der Waals surface area contributed by atoms with Gasteiger partial charge in [0.2, 0.25) is 0 Å². The fraction of sp³-hybridized carbons (Fsp3) is 0.0667. The first-order valence-corrected chi connectivity index (χ1v) is 5.40. The van der Waals surface area contributed by atoms with Crippen LogP contribution in [-0.4, -0.2) is 0 Å². The van der Waals surface area contributed by atoms with Gasteiger partial charge < -0.3 is 0 Å². The van der Waals surface area contributed by atoms with Gasteiger partial charge in [0.1, 0.15) is 11.6 Å². The van der Waals surface area contributed by atoms with Gasteiger partial charge >= 0.3 is 0 Å². The second-order valence-electron chi connectivity index (χ2n) is 3.78. The van der Waals surface area contributed by atoms with Gasteiger partial charge in [-0.1, -0.05) is 36.4 Å². The smallest absolute Gasteiger partial charge is 0.123 e. The topological polar surface area (TPSA) is 0 Å². The van der Waals surface area contributed by atoms with E-state index >= 15 is 0 Å². The number of allylic oxidation sites excluding steroid dienone is 1. The second kappa shape index (κ2) is 5.39. The molecule has 0 heterocycles. The molecule has 0 saturated carbocycles. The van der Waals surface area contributed by atoms with Gasteiger partial charge in [-0.05, 0) is 41.8 Å². The maximum Gasteiger partial charge on any atom is 0.123 e. The highest BCUT2D eigenvalue weighted by atomic mass is 19.1. The average Bonchev–Trinajstić information content (AvgIpc) is 2.34. The van der Waals surface area contributed by atoms with Gasteiger partial charge in [-0.2, -0.15) is 0 Å². The van der Waals surface area contributed by atoms with E-state index in [-0.39, 0.29) is 11.6 Å². The van der Waals surface area contributed by atoms with Crippen molar-refractivity contribution in [2.45, 2.75) is 6.42 Å². The van der Waals surface area contributed by atoms with E-state index in [1.54, 1.807) is 24.3 Å². The lowest BCUT2D eigenvalue weighted by Gasteiger charge is -1.96. The summed E-state index contributed by atoms with van der Waals surface area (Å²) >= 11 is 0. The SMILES string of the molecule is Fc1ccc(C=CCc2ccc(F)cc2)cc1. The van der Waals surface area contributed by atoms with Crippen LogP contribution in [0.15, 0.2) is 54.6 Å². The predicted molar refractivity (Wildman–Crippen MR) is 65.5 cm³/mol. The molecular weight excluding hydrogens is 218 g/mol. The minimum Gasteiger partial charge on any atom is -0.207 e. The van der Waals surface area contributed by atoms with Crippen molar-refractivity contribution in [2.75, 3.05) is 0 Å². The molecular formula is C15H12F2. The molecule has 0 atom stereocenters. The minimum absolute atomic E-state index is 0.226. The summed E-state index contributed by atoms with van der Waals surface area (Å²) in [5.41, 5.74) is 2.00. The Morgan fingerprint density at radius 3 is 1.88 bits per heavy atom. The molecule has 2 rings (SSSR count). The van der Waals surface area contributed by atoms with E-state index in [9.17, 15) is 8.78 Å². The molecule has 0 unspecified atom stereocenters. The number of rotatable bonds is 3. The fourth-order valence-electron chi connectivity index (χ4n) is 1.53. The maximum atomic E-state index is 12.7. The van der Waals surface area contributed by atoms with Crippen LogP contribution in [0, 0.1) is 11.6 Å². The monoisotopic (exact) mass is 230 g/mol. The second-order valence-corrected chi connectivity index (χ2v) is 3.78. The highest BCUT2D eigenvalue weighted by Crippen LogP contribution is 2.07. The van der Waals surface area contributed by atoms with Gasteiger partial charge in [-0.15, -0.1) is 0 Å². The Bertz CT molecular complexity index is 495. The van der Waals surface area contributed by atoms with Crippen LogP contribution in [0.3, 0.4) is 0 Å². The maximum absolute atomic E-state index is 12.7. The van der Waals surface area contributed by atoms with Crippen molar-refractivity contribution in [1.29, 1.82) is 0 Å². The number of hydrogen-bond donors (Lipinski definition) is 0. The summed E-state index contributed by atoms with van der Waals surface area (Å²) in [6.45, 7) is 0. The standard InChI is InChI=1S/C15H12F2/c16-14-8-4-12(5-9-14)2-1-3-13-6-10-15(17)11-7-13/h1-2,4-11H,3H2. The van der Waals surface area contributed by atoms with E-state index in [0.29, 0.717) is 0 Å². The van der Waals surface area contributed by atoms with Crippen molar-refractivity contribution in [3.63, 3.8) is 0 Å². The van der Waals surface area contributed by atoms with E-state index in [2.05, 4.69) is 0 Å². The van der Waals surface area contributed by atoms with Gasteiger partial charge in [-0.3, -0.25) is 0 Å². The van der Waals surface area contributed by atoms with E-state index in [1.165, 1.54) is 24.3 Å². The van der Waals surface area contributed by atoms with Crippen molar-refractivity contribution in [2.24, 2.45) is 0 Å². The third-order valence-corrected chi connectivity index (χ3v) is 2.45. The van der Waals surface area contributed by atoms with Crippen LogP contribution in [0.5, 0.6) is 0 Å². The van der Waals surface area contributed by atoms with Gasteiger partial charge in [0.05, 0.1) is 0 Å². The summed E-state index contributed by atoms with van der Waals surface area (Å²) in [6, 6.07) is 12.7. The first-order chi connectivity index (χ1) is 8.24.